The molecule has 2 heterocycles. The molecule has 0 bridgehead atoms. The van der Waals surface area contributed by atoms with E-state index in [1.165, 1.54) is 0 Å². The molecule has 2 aliphatic heterocycles. The summed E-state index contributed by atoms with van der Waals surface area (Å²) in [6.07, 6.45) is 0. The average molecular weight is 418 g/mol. The highest BCUT2D eigenvalue weighted by Gasteiger charge is 2.38. The van der Waals surface area contributed by atoms with Gasteiger partial charge in [0.15, 0.2) is 5.17 Å². The molecule has 0 aromatic heterocycles. The SMILES string of the molecule is CCN1C(=O)/C(=C2/SC(=Nc3cc(Cl)ccc3Cl)NC2=O)c2ccccc21. The second-order valence-electron chi connectivity index (χ2n) is 5.84. The van der Waals surface area contributed by atoms with E-state index in [1.54, 1.807) is 23.1 Å². The van der Waals surface area contributed by atoms with Crippen molar-refractivity contribution in [3.8, 4) is 0 Å². The molecule has 0 radical (unpaired) electrons. The molecule has 0 aliphatic carbocycles. The van der Waals surface area contributed by atoms with Gasteiger partial charge in [-0.25, -0.2) is 4.99 Å². The predicted octanol–water partition coefficient (Wildman–Crippen LogP) is 4.62. The molecule has 5 nitrogen and oxygen atoms in total. The minimum Gasteiger partial charge on any atom is -0.308 e. The monoisotopic (exact) mass is 417 g/mol. The summed E-state index contributed by atoms with van der Waals surface area (Å²) in [4.78, 5) is 31.8. The summed E-state index contributed by atoms with van der Waals surface area (Å²) >= 11 is 13.3. The average Bonchev–Trinajstić information content (AvgIpc) is 3.14. The molecule has 8 heteroatoms. The predicted molar refractivity (Wildman–Crippen MR) is 111 cm³/mol. The third-order valence-electron chi connectivity index (χ3n) is 4.22. The number of hydrogen-bond donors (Lipinski definition) is 1. The standard InChI is InChI=1S/C19H13Cl2N3O2S/c1-2-24-14-6-4-3-5-11(14)15(18(24)26)16-17(25)23-19(27-16)22-13-9-10(20)7-8-12(13)21/h3-9H,2H2,1H3,(H,22,23,25)/b16-15+. The van der Waals surface area contributed by atoms with Crippen LogP contribution < -0.4 is 10.2 Å². The number of nitrogens with zero attached hydrogens (tertiary/aromatic N) is 2. The quantitative estimate of drug-likeness (QED) is 0.724. The normalized spacial score (nSPS) is 20.4. The van der Waals surface area contributed by atoms with Crippen LogP contribution in [0.1, 0.15) is 12.5 Å². The van der Waals surface area contributed by atoms with E-state index < -0.39 is 0 Å². The van der Waals surface area contributed by atoms with Gasteiger partial charge in [-0.1, -0.05) is 41.4 Å². The van der Waals surface area contributed by atoms with Crippen LogP contribution in [0.15, 0.2) is 52.4 Å². The topological polar surface area (TPSA) is 61.8 Å². The number of amides is 2. The Labute approximate surface area is 170 Å². The van der Waals surface area contributed by atoms with Gasteiger partial charge in [0.2, 0.25) is 0 Å². The van der Waals surface area contributed by atoms with Gasteiger partial charge in [0.25, 0.3) is 11.8 Å². The van der Waals surface area contributed by atoms with Crippen LogP contribution in [-0.2, 0) is 9.59 Å². The Morgan fingerprint density at radius 2 is 1.93 bits per heavy atom. The van der Waals surface area contributed by atoms with Gasteiger partial charge in [0.1, 0.15) is 0 Å². The van der Waals surface area contributed by atoms with Crippen LogP contribution in [0.2, 0.25) is 10.0 Å². The summed E-state index contributed by atoms with van der Waals surface area (Å²) in [6.45, 7) is 2.43. The Hall–Kier alpha value is -2.28. The van der Waals surface area contributed by atoms with Crippen molar-refractivity contribution in [1.82, 2.24) is 5.32 Å². The lowest BCUT2D eigenvalue weighted by molar-refractivity contribution is -0.116. The Balaban J connectivity index is 1.78. The first-order chi connectivity index (χ1) is 13.0. The second-order valence-corrected chi connectivity index (χ2v) is 7.68. The number of carbonyl (C=O) groups excluding carboxylic acids is 2. The van der Waals surface area contributed by atoms with Crippen molar-refractivity contribution in [2.24, 2.45) is 4.99 Å². The van der Waals surface area contributed by atoms with E-state index in [-0.39, 0.29) is 11.8 Å². The number of benzene rings is 2. The fraction of sp³-hybridized carbons (Fsp3) is 0.105. The van der Waals surface area contributed by atoms with E-state index >= 15 is 0 Å². The van der Waals surface area contributed by atoms with Crippen LogP contribution >= 0.6 is 35.0 Å². The number of aliphatic imine (C=N–C) groups is 1. The first-order valence-electron chi connectivity index (χ1n) is 8.18. The summed E-state index contributed by atoms with van der Waals surface area (Å²) < 4.78 is 0. The molecule has 1 N–H and O–H groups in total. The zero-order valence-corrected chi connectivity index (χ0v) is 16.5. The van der Waals surface area contributed by atoms with Gasteiger partial charge in [-0.3, -0.25) is 9.59 Å². The number of likely N-dealkylation sites (N-methyl/N-ethyl adjacent to an activating group) is 1. The number of rotatable bonds is 2. The zero-order valence-electron chi connectivity index (χ0n) is 14.1. The lowest BCUT2D eigenvalue weighted by atomic mass is 10.1. The third kappa shape index (κ3) is 3.14. The van der Waals surface area contributed by atoms with Gasteiger partial charge in [0.05, 0.1) is 26.9 Å². The number of thioether (sulfide) groups is 1. The van der Waals surface area contributed by atoms with Crippen molar-refractivity contribution >= 4 is 68.9 Å². The number of para-hydroxylation sites is 1. The molecule has 0 spiro atoms. The number of nitrogens with one attached hydrogen (secondary N) is 1. The number of carbonyl (C=O) groups is 2. The number of halogens is 2. The highest BCUT2D eigenvalue weighted by Crippen LogP contribution is 2.43. The summed E-state index contributed by atoms with van der Waals surface area (Å²) in [5, 5.41) is 3.97. The first kappa shape index (κ1) is 18.1. The molecule has 27 heavy (non-hydrogen) atoms. The second kappa shape index (κ2) is 7.03. The van der Waals surface area contributed by atoms with Gasteiger partial charge in [-0.15, -0.1) is 0 Å². The van der Waals surface area contributed by atoms with Crippen molar-refractivity contribution in [3.05, 3.63) is 63.0 Å². The van der Waals surface area contributed by atoms with Crippen LogP contribution in [0, 0.1) is 0 Å². The minimum atomic E-state index is -0.354. The number of amidine groups is 1. The van der Waals surface area contributed by atoms with E-state index in [0.29, 0.717) is 37.9 Å². The summed E-state index contributed by atoms with van der Waals surface area (Å²) in [5.41, 5.74) is 2.41. The largest absolute Gasteiger partial charge is 0.308 e. The van der Waals surface area contributed by atoms with Gasteiger partial charge in [0, 0.05) is 17.1 Å². The highest BCUT2D eigenvalue weighted by atomic mass is 35.5. The van der Waals surface area contributed by atoms with Crippen molar-refractivity contribution in [1.29, 1.82) is 0 Å². The first-order valence-corrected chi connectivity index (χ1v) is 9.75. The summed E-state index contributed by atoms with van der Waals surface area (Å²) in [6, 6.07) is 12.4. The van der Waals surface area contributed by atoms with Gasteiger partial charge < -0.3 is 10.2 Å². The smallest absolute Gasteiger partial charge is 0.264 e. The van der Waals surface area contributed by atoms with Gasteiger partial charge in [-0.05, 0) is 43.0 Å². The van der Waals surface area contributed by atoms with E-state index in [4.69, 9.17) is 23.2 Å². The molecule has 0 saturated carbocycles. The number of hydrogen-bond acceptors (Lipinski definition) is 4. The Morgan fingerprint density at radius 3 is 2.70 bits per heavy atom. The molecular formula is C19H13Cl2N3O2S. The molecule has 0 atom stereocenters. The molecule has 136 valence electrons. The maximum atomic E-state index is 12.9. The molecule has 2 aromatic rings. The minimum absolute atomic E-state index is 0.182. The fourth-order valence-corrected chi connectivity index (χ4v) is 4.28. The van der Waals surface area contributed by atoms with E-state index in [0.717, 1.165) is 23.0 Å². The van der Waals surface area contributed by atoms with Gasteiger partial charge >= 0.3 is 0 Å². The molecular weight excluding hydrogens is 405 g/mol. The molecule has 0 unspecified atom stereocenters. The Kier molecular flexibility index (Phi) is 4.72. The maximum absolute atomic E-state index is 12.9. The summed E-state index contributed by atoms with van der Waals surface area (Å²) in [5.74, 6) is -0.536. The number of anilines is 1. The van der Waals surface area contributed by atoms with Crippen LogP contribution in [0.4, 0.5) is 11.4 Å². The Bertz CT molecular complexity index is 1050. The van der Waals surface area contributed by atoms with Crippen molar-refractivity contribution in [2.45, 2.75) is 6.92 Å². The zero-order chi connectivity index (χ0) is 19.1. The lowest BCUT2D eigenvalue weighted by Gasteiger charge is -2.13. The molecule has 2 amide bonds. The van der Waals surface area contributed by atoms with E-state index in [9.17, 15) is 9.59 Å². The van der Waals surface area contributed by atoms with Crippen molar-refractivity contribution in [3.63, 3.8) is 0 Å². The molecule has 1 fully saturated rings. The number of fused-ring (bicyclic) bond motifs is 1. The Morgan fingerprint density at radius 1 is 1.15 bits per heavy atom. The van der Waals surface area contributed by atoms with Crippen molar-refractivity contribution in [2.75, 3.05) is 11.4 Å². The van der Waals surface area contributed by atoms with Crippen LogP contribution in [0.25, 0.3) is 5.57 Å². The van der Waals surface area contributed by atoms with E-state index in [1.807, 2.05) is 31.2 Å². The van der Waals surface area contributed by atoms with E-state index in [2.05, 4.69) is 10.3 Å². The third-order valence-corrected chi connectivity index (χ3v) is 5.76. The fourth-order valence-electron chi connectivity index (χ4n) is 3.03. The lowest BCUT2D eigenvalue weighted by Crippen LogP contribution is -2.26. The molecule has 4 rings (SSSR count). The van der Waals surface area contributed by atoms with Crippen molar-refractivity contribution < 1.29 is 9.59 Å². The molecule has 2 aromatic carbocycles. The molecule has 1 saturated heterocycles. The van der Waals surface area contributed by atoms with Crippen LogP contribution in [0.3, 0.4) is 0 Å². The maximum Gasteiger partial charge on any atom is 0.264 e. The van der Waals surface area contributed by atoms with Crippen LogP contribution in [-0.4, -0.2) is 23.5 Å². The molecule has 2 aliphatic rings. The highest BCUT2D eigenvalue weighted by molar-refractivity contribution is 8.18. The van der Waals surface area contributed by atoms with Gasteiger partial charge in [-0.2, -0.15) is 0 Å². The summed E-state index contributed by atoms with van der Waals surface area (Å²) in [7, 11) is 0. The van der Waals surface area contributed by atoms with Crippen LogP contribution in [0.5, 0.6) is 0 Å².